The predicted octanol–water partition coefficient (Wildman–Crippen LogP) is 2.52. The van der Waals surface area contributed by atoms with Crippen LogP contribution >= 0.6 is 0 Å². The average molecular weight is 358 g/mol. The lowest BCUT2D eigenvalue weighted by Crippen LogP contribution is -2.41. The van der Waals surface area contributed by atoms with E-state index in [1.54, 1.807) is 26.4 Å². The van der Waals surface area contributed by atoms with Crippen LogP contribution in [0.4, 0.5) is 4.39 Å². The first-order valence-corrected chi connectivity index (χ1v) is 8.57. The molecule has 6 heteroatoms. The molecule has 0 fully saturated rings. The molecule has 3 rings (SSSR count). The Balaban J connectivity index is 1.57. The second-order valence-corrected chi connectivity index (χ2v) is 6.27. The van der Waals surface area contributed by atoms with E-state index < -0.39 is 0 Å². The molecule has 0 radical (unpaired) electrons. The van der Waals surface area contributed by atoms with Crippen molar-refractivity contribution in [2.45, 2.75) is 19.5 Å². The molecule has 2 aromatic carbocycles. The molecule has 1 aliphatic rings. The molecular formula is C20H23FN2O3. The number of benzene rings is 2. The minimum Gasteiger partial charge on any atom is -0.493 e. The van der Waals surface area contributed by atoms with Gasteiger partial charge in [0.25, 0.3) is 0 Å². The Bertz CT molecular complexity index is 777. The number of hydrogen-bond acceptors (Lipinski definition) is 4. The van der Waals surface area contributed by atoms with Crippen molar-refractivity contribution in [3.8, 4) is 11.5 Å². The quantitative estimate of drug-likeness (QED) is 0.862. The second kappa shape index (κ2) is 8.19. The maximum atomic E-state index is 12.9. The molecule has 1 heterocycles. The van der Waals surface area contributed by atoms with Gasteiger partial charge in [-0.2, -0.15) is 0 Å². The van der Waals surface area contributed by atoms with Crippen LogP contribution in [0.2, 0.25) is 0 Å². The summed E-state index contributed by atoms with van der Waals surface area (Å²) >= 11 is 0. The van der Waals surface area contributed by atoms with E-state index in [9.17, 15) is 9.18 Å². The highest BCUT2D eigenvalue weighted by atomic mass is 19.1. The van der Waals surface area contributed by atoms with Gasteiger partial charge in [0, 0.05) is 19.6 Å². The van der Waals surface area contributed by atoms with Gasteiger partial charge in [-0.05, 0) is 47.4 Å². The van der Waals surface area contributed by atoms with E-state index in [1.165, 1.54) is 17.7 Å². The molecule has 1 amide bonds. The number of carbonyl (C=O) groups is 1. The molecule has 138 valence electrons. The zero-order chi connectivity index (χ0) is 18.5. The van der Waals surface area contributed by atoms with E-state index in [-0.39, 0.29) is 18.3 Å². The molecule has 0 aliphatic carbocycles. The van der Waals surface area contributed by atoms with E-state index >= 15 is 0 Å². The molecule has 1 N–H and O–H groups in total. The van der Waals surface area contributed by atoms with Crippen molar-refractivity contribution in [1.29, 1.82) is 0 Å². The zero-order valence-electron chi connectivity index (χ0n) is 15.0. The van der Waals surface area contributed by atoms with Crippen molar-refractivity contribution < 1.29 is 18.7 Å². The standard InChI is InChI=1S/C20H23FN2O3/c1-25-18-9-15-7-8-23(13-16(15)10-19(18)26-2)20(24)12-22-11-14-3-5-17(21)6-4-14/h3-6,9-10,22H,7-8,11-13H2,1-2H3. The summed E-state index contributed by atoms with van der Waals surface area (Å²) < 4.78 is 23.6. The largest absolute Gasteiger partial charge is 0.493 e. The van der Waals surface area contributed by atoms with Gasteiger partial charge in [0.15, 0.2) is 11.5 Å². The topological polar surface area (TPSA) is 50.8 Å². The normalized spacial score (nSPS) is 13.3. The molecular weight excluding hydrogens is 335 g/mol. The first-order chi connectivity index (χ1) is 12.6. The van der Waals surface area contributed by atoms with Gasteiger partial charge in [-0.25, -0.2) is 4.39 Å². The van der Waals surface area contributed by atoms with Crippen molar-refractivity contribution >= 4 is 5.91 Å². The summed E-state index contributed by atoms with van der Waals surface area (Å²) in [7, 11) is 3.23. The summed E-state index contributed by atoms with van der Waals surface area (Å²) in [5, 5.41) is 3.12. The summed E-state index contributed by atoms with van der Waals surface area (Å²) in [5.41, 5.74) is 3.21. The molecule has 0 atom stereocenters. The van der Waals surface area contributed by atoms with Gasteiger partial charge in [0.1, 0.15) is 5.82 Å². The van der Waals surface area contributed by atoms with Crippen molar-refractivity contribution in [3.05, 3.63) is 58.9 Å². The number of nitrogens with one attached hydrogen (secondary N) is 1. The van der Waals surface area contributed by atoms with E-state index in [2.05, 4.69) is 5.32 Å². The van der Waals surface area contributed by atoms with Crippen LogP contribution in [0.25, 0.3) is 0 Å². The molecule has 0 aromatic heterocycles. The highest BCUT2D eigenvalue weighted by Crippen LogP contribution is 2.33. The lowest BCUT2D eigenvalue weighted by Gasteiger charge is -2.29. The maximum absolute atomic E-state index is 12.9. The summed E-state index contributed by atoms with van der Waals surface area (Å²) in [5.74, 6) is 1.18. The SMILES string of the molecule is COc1cc2c(cc1OC)CN(C(=O)CNCc1ccc(F)cc1)CC2. The Morgan fingerprint density at radius 1 is 1.12 bits per heavy atom. The van der Waals surface area contributed by atoms with Gasteiger partial charge in [-0.15, -0.1) is 0 Å². The van der Waals surface area contributed by atoms with E-state index in [1.807, 2.05) is 17.0 Å². The first-order valence-electron chi connectivity index (χ1n) is 8.57. The third kappa shape index (κ3) is 4.14. The van der Waals surface area contributed by atoms with Crippen LogP contribution in [-0.4, -0.2) is 38.1 Å². The van der Waals surface area contributed by atoms with Crippen molar-refractivity contribution in [3.63, 3.8) is 0 Å². The summed E-state index contributed by atoms with van der Waals surface area (Å²) in [6.07, 6.45) is 0.791. The molecule has 0 bridgehead atoms. The van der Waals surface area contributed by atoms with Crippen LogP contribution in [0.3, 0.4) is 0 Å². The number of ether oxygens (including phenoxy) is 2. The van der Waals surface area contributed by atoms with E-state index in [0.29, 0.717) is 31.1 Å². The Hall–Kier alpha value is -2.60. The number of methoxy groups -OCH3 is 2. The fraction of sp³-hybridized carbons (Fsp3) is 0.350. The lowest BCUT2D eigenvalue weighted by atomic mass is 9.98. The lowest BCUT2D eigenvalue weighted by molar-refractivity contribution is -0.131. The van der Waals surface area contributed by atoms with E-state index in [0.717, 1.165) is 17.5 Å². The molecule has 2 aromatic rings. The number of hydrogen-bond donors (Lipinski definition) is 1. The first kappa shape index (κ1) is 18.2. The van der Waals surface area contributed by atoms with E-state index in [4.69, 9.17) is 9.47 Å². The third-order valence-corrected chi connectivity index (χ3v) is 4.59. The van der Waals surface area contributed by atoms with Gasteiger partial charge in [-0.3, -0.25) is 4.79 Å². The minimum atomic E-state index is -0.260. The fourth-order valence-corrected chi connectivity index (χ4v) is 3.12. The molecule has 0 saturated carbocycles. The number of rotatable bonds is 6. The number of carbonyl (C=O) groups excluding carboxylic acids is 1. The van der Waals surface area contributed by atoms with Crippen LogP contribution in [-0.2, 0) is 24.3 Å². The summed E-state index contributed by atoms with van der Waals surface area (Å²) in [4.78, 5) is 14.3. The molecule has 0 unspecified atom stereocenters. The average Bonchev–Trinajstić information content (AvgIpc) is 2.67. The smallest absolute Gasteiger partial charge is 0.236 e. The highest BCUT2D eigenvalue weighted by Gasteiger charge is 2.22. The van der Waals surface area contributed by atoms with Gasteiger partial charge in [0.05, 0.1) is 20.8 Å². The second-order valence-electron chi connectivity index (χ2n) is 6.27. The van der Waals surface area contributed by atoms with Crippen LogP contribution in [0, 0.1) is 5.82 Å². The van der Waals surface area contributed by atoms with Crippen molar-refractivity contribution in [2.24, 2.45) is 0 Å². The molecule has 1 aliphatic heterocycles. The Morgan fingerprint density at radius 2 is 1.77 bits per heavy atom. The predicted molar refractivity (Wildman–Crippen MR) is 96.8 cm³/mol. The van der Waals surface area contributed by atoms with Crippen LogP contribution in [0.5, 0.6) is 11.5 Å². The summed E-state index contributed by atoms with van der Waals surface area (Å²) in [6.45, 7) is 2.02. The minimum absolute atomic E-state index is 0.0487. The third-order valence-electron chi connectivity index (χ3n) is 4.59. The Kier molecular flexibility index (Phi) is 5.73. The number of nitrogens with zero attached hydrogens (tertiary/aromatic N) is 1. The Morgan fingerprint density at radius 3 is 2.42 bits per heavy atom. The van der Waals surface area contributed by atoms with Crippen molar-refractivity contribution in [2.75, 3.05) is 27.3 Å². The number of halogens is 1. The van der Waals surface area contributed by atoms with Crippen LogP contribution < -0.4 is 14.8 Å². The highest BCUT2D eigenvalue weighted by molar-refractivity contribution is 5.78. The van der Waals surface area contributed by atoms with Crippen LogP contribution in [0.1, 0.15) is 16.7 Å². The number of amides is 1. The monoisotopic (exact) mass is 358 g/mol. The Labute approximate surface area is 152 Å². The molecule has 26 heavy (non-hydrogen) atoms. The van der Waals surface area contributed by atoms with Gasteiger partial charge in [0.2, 0.25) is 5.91 Å². The van der Waals surface area contributed by atoms with Crippen LogP contribution in [0.15, 0.2) is 36.4 Å². The van der Waals surface area contributed by atoms with Crippen molar-refractivity contribution in [1.82, 2.24) is 10.2 Å². The zero-order valence-corrected chi connectivity index (χ0v) is 15.0. The summed E-state index contributed by atoms with van der Waals surface area (Å²) in [6, 6.07) is 10.2. The molecule has 0 saturated heterocycles. The van der Waals surface area contributed by atoms with Gasteiger partial charge < -0.3 is 19.7 Å². The van der Waals surface area contributed by atoms with Gasteiger partial charge >= 0.3 is 0 Å². The fourth-order valence-electron chi connectivity index (χ4n) is 3.12. The van der Waals surface area contributed by atoms with Gasteiger partial charge in [-0.1, -0.05) is 12.1 Å². The molecule has 0 spiro atoms. The maximum Gasteiger partial charge on any atom is 0.236 e. The number of fused-ring (bicyclic) bond motifs is 1. The molecule has 5 nitrogen and oxygen atoms in total.